The van der Waals surface area contributed by atoms with E-state index in [0.29, 0.717) is 17.6 Å². The Bertz CT molecular complexity index is 1400. The Kier molecular flexibility index (Phi) is 7.09. The Morgan fingerprint density at radius 1 is 1.03 bits per heavy atom. The van der Waals surface area contributed by atoms with Crippen LogP contribution in [-0.2, 0) is 27.6 Å². The highest BCUT2D eigenvalue weighted by molar-refractivity contribution is 7.91. The van der Waals surface area contributed by atoms with Gasteiger partial charge in [0.25, 0.3) is 0 Å². The van der Waals surface area contributed by atoms with Crippen LogP contribution >= 0.6 is 11.3 Å². The molecule has 0 radical (unpaired) electrons. The summed E-state index contributed by atoms with van der Waals surface area (Å²) in [5.41, 5.74) is 3.59. The fourth-order valence-electron chi connectivity index (χ4n) is 3.71. The van der Waals surface area contributed by atoms with Crippen LogP contribution in [0.1, 0.15) is 43.5 Å². The summed E-state index contributed by atoms with van der Waals surface area (Å²) in [5, 5.41) is 0.629. The van der Waals surface area contributed by atoms with Crippen LogP contribution in [0, 0.1) is 0 Å². The largest absolute Gasteiger partial charge is 0.282 e. The van der Waals surface area contributed by atoms with E-state index in [9.17, 15) is 13.2 Å². The molecule has 4 aromatic rings. The number of carbonyl (C=O) groups excluding carboxylic acids is 1. The van der Waals surface area contributed by atoms with Gasteiger partial charge in [-0.05, 0) is 47.4 Å². The second kappa shape index (κ2) is 10.0. The zero-order valence-corrected chi connectivity index (χ0v) is 21.1. The number of pyridine rings is 1. The van der Waals surface area contributed by atoms with Crippen LogP contribution in [0.4, 0.5) is 5.13 Å². The normalized spacial score (nSPS) is 11.8. The van der Waals surface area contributed by atoms with Crippen molar-refractivity contribution in [3.63, 3.8) is 0 Å². The number of thiazole rings is 1. The smallest absolute Gasteiger partial charge is 0.233 e. The van der Waals surface area contributed by atoms with Crippen molar-refractivity contribution in [1.29, 1.82) is 0 Å². The summed E-state index contributed by atoms with van der Waals surface area (Å²) in [6, 6.07) is 18.3. The van der Waals surface area contributed by atoms with E-state index < -0.39 is 9.84 Å². The van der Waals surface area contributed by atoms with Crippen LogP contribution in [0.15, 0.2) is 71.8 Å². The quantitative estimate of drug-likeness (QED) is 0.329. The highest BCUT2D eigenvalue weighted by Crippen LogP contribution is 2.34. The van der Waals surface area contributed by atoms with Gasteiger partial charge in [-0.1, -0.05) is 62.4 Å². The van der Waals surface area contributed by atoms with E-state index in [2.05, 4.69) is 24.9 Å². The van der Waals surface area contributed by atoms with Crippen LogP contribution in [0.5, 0.6) is 0 Å². The molecule has 4 rings (SSSR count). The van der Waals surface area contributed by atoms with Gasteiger partial charge in [-0.15, -0.1) is 0 Å². The molecule has 0 aliphatic carbocycles. The molecule has 0 aliphatic heterocycles. The second-order valence-electron chi connectivity index (χ2n) is 8.37. The van der Waals surface area contributed by atoms with E-state index in [1.54, 1.807) is 42.3 Å². The first-order valence-corrected chi connectivity index (χ1v) is 13.7. The Hall–Kier alpha value is -3.10. The molecule has 0 atom stereocenters. The first-order chi connectivity index (χ1) is 16.3. The molecule has 2 aromatic heterocycles. The molecule has 1 amide bonds. The van der Waals surface area contributed by atoms with Crippen molar-refractivity contribution in [1.82, 2.24) is 9.97 Å². The van der Waals surface area contributed by atoms with Crippen molar-refractivity contribution in [3.05, 3.63) is 83.7 Å². The average Bonchev–Trinajstić information content (AvgIpc) is 3.27. The molecule has 34 heavy (non-hydrogen) atoms. The Labute approximate surface area is 204 Å². The molecule has 0 unspecified atom stereocenters. The molecule has 0 saturated carbocycles. The van der Waals surface area contributed by atoms with E-state index >= 15 is 0 Å². The number of anilines is 1. The predicted octanol–water partition coefficient (Wildman–Crippen LogP) is 5.38. The fraction of sp³-hybridized carbons (Fsp3) is 0.269. The third kappa shape index (κ3) is 5.18. The number of fused-ring (bicyclic) bond motifs is 1. The minimum absolute atomic E-state index is 0.0408. The summed E-state index contributed by atoms with van der Waals surface area (Å²) in [7, 11) is -3.28. The molecule has 0 saturated heterocycles. The first kappa shape index (κ1) is 24.0. The molecule has 0 bridgehead atoms. The van der Waals surface area contributed by atoms with Crippen molar-refractivity contribution in [2.45, 2.75) is 44.6 Å². The minimum atomic E-state index is -3.28. The third-order valence-electron chi connectivity index (χ3n) is 5.66. The maximum absolute atomic E-state index is 13.5. The minimum Gasteiger partial charge on any atom is -0.282 e. The van der Waals surface area contributed by atoms with Gasteiger partial charge in [0.2, 0.25) is 5.91 Å². The molecule has 0 aliphatic rings. The van der Waals surface area contributed by atoms with Crippen LogP contribution in [-0.4, -0.2) is 30.0 Å². The van der Waals surface area contributed by atoms with Gasteiger partial charge in [0.05, 0.1) is 39.5 Å². The number of hydrogen-bond donors (Lipinski definition) is 0. The van der Waals surface area contributed by atoms with Gasteiger partial charge < -0.3 is 0 Å². The summed E-state index contributed by atoms with van der Waals surface area (Å²) in [5.74, 6) is 0.234. The lowest BCUT2D eigenvalue weighted by Crippen LogP contribution is -2.32. The molecule has 176 valence electrons. The Morgan fingerprint density at radius 3 is 2.44 bits per heavy atom. The number of aromatic nitrogens is 2. The number of para-hydroxylation sites is 1. The van der Waals surface area contributed by atoms with E-state index in [0.717, 1.165) is 27.0 Å². The highest BCUT2D eigenvalue weighted by Gasteiger charge is 2.22. The number of sulfone groups is 1. The van der Waals surface area contributed by atoms with Gasteiger partial charge in [-0.2, -0.15) is 0 Å². The monoisotopic (exact) mass is 493 g/mol. The topological polar surface area (TPSA) is 80.2 Å². The van der Waals surface area contributed by atoms with Gasteiger partial charge in [0.15, 0.2) is 15.0 Å². The maximum atomic E-state index is 13.5. The molecule has 0 spiro atoms. The lowest BCUT2D eigenvalue weighted by atomic mass is 10.0. The van der Waals surface area contributed by atoms with Crippen molar-refractivity contribution in [2.75, 3.05) is 10.7 Å². The fourth-order valence-corrected chi connectivity index (χ4v) is 5.61. The number of carbonyl (C=O) groups is 1. The predicted molar refractivity (Wildman–Crippen MR) is 137 cm³/mol. The third-order valence-corrected chi connectivity index (χ3v) is 8.45. The standard InChI is InChI=1S/C26H27N3O3S2/c1-4-34(31,32)21-13-11-19(12-14-21)16-24(30)29(17-20-8-5-6-15-27-20)26-28-25-22(18(2)3)9-7-10-23(25)33-26/h5-15,18H,4,16-17H2,1-3H3. The number of hydrogen-bond acceptors (Lipinski definition) is 6. The molecular formula is C26H27N3O3S2. The zero-order chi connectivity index (χ0) is 24.3. The Morgan fingerprint density at radius 2 is 1.79 bits per heavy atom. The van der Waals surface area contributed by atoms with Crippen molar-refractivity contribution in [2.24, 2.45) is 0 Å². The SMILES string of the molecule is CCS(=O)(=O)c1ccc(CC(=O)N(Cc2ccccn2)c2nc3c(C(C)C)cccc3s2)cc1. The summed E-state index contributed by atoms with van der Waals surface area (Å²) in [4.78, 5) is 24.7. The molecule has 0 N–H and O–H groups in total. The lowest BCUT2D eigenvalue weighted by molar-refractivity contribution is -0.118. The first-order valence-electron chi connectivity index (χ1n) is 11.2. The summed E-state index contributed by atoms with van der Waals surface area (Å²) in [6.45, 7) is 6.18. The number of nitrogens with zero attached hydrogens (tertiary/aromatic N) is 3. The van der Waals surface area contributed by atoms with Gasteiger partial charge >= 0.3 is 0 Å². The maximum Gasteiger partial charge on any atom is 0.233 e. The second-order valence-corrected chi connectivity index (χ2v) is 11.7. The Balaban J connectivity index is 1.67. The van der Waals surface area contributed by atoms with Crippen LogP contribution in [0.2, 0.25) is 0 Å². The molecule has 6 nitrogen and oxygen atoms in total. The van der Waals surface area contributed by atoms with E-state index in [4.69, 9.17) is 4.98 Å². The van der Waals surface area contributed by atoms with E-state index in [-0.39, 0.29) is 23.0 Å². The lowest BCUT2D eigenvalue weighted by Gasteiger charge is -2.20. The molecule has 0 fully saturated rings. The van der Waals surface area contributed by atoms with Gasteiger partial charge in [-0.3, -0.25) is 14.7 Å². The summed E-state index contributed by atoms with van der Waals surface area (Å²) < 4.78 is 25.2. The summed E-state index contributed by atoms with van der Waals surface area (Å²) in [6.07, 6.45) is 1.84. The van der Waals surface area contributed by atoms with Crippen molar-refractivity contribution >= 4 is 42.4 Å². The van der Waals surface area contributed by atoms with Crippen LogP contribution in [0.3, 0.4) is 0 Å². The van der Waals surface area contributed by atoms with Gasteiger partial charge in [0.1, 0.15) is 0 Å². The summed E-state index contributed by atoms with van der Waals surface area (Å²) >= 11 is 1.49. The van der Waals surface area contributed by atoms with E-state index in [1.807, 2.05) is 30.3 Å². The van der Waals surface area contributed by atoms with Crippen LogP contribution in [0.25, 0.3) is 10.2 Å². The number of benzene rings is 2. The zero-order valence-electron chi connectivity index (χ0n) is 19.4. The molecule has 2 aromatic carbocycles. The van der Waals surface area contributed by atoms with Crippen molar-refractivity contribution in [3.8, 4) is 0 Å². The van der Waals surface area contributed by atoms with Gasteiger partial charge in [0, 0.05) is 6.20 Å². The molecule has 8 heteroatoms. The molecular weight excluding hydrogens is 466 g/mol. The number of rotatable bonds is 8. The molecule has 2 heterocycles. The van der Waals surface area contributed by atoms with Crippen molar-refractivity contribution < 1.29 is 13.2 Å². The highest BCUT2D eigenvalue weighted by atomic mass is 32.2. The average molecular weight is 494 g/mol. The van der Waals surface area contributed by atoms with E-state index in [1.165, 1.54) is 11.3 Å². The van der Waals surface area contributed by atoms with Crippen LogP contribution < -0.4 is 4.90 Å². The number of amides is 1. The van der Waals surface area contributed by atoms with Gasteiger partial charge in [-0.25, -0.2) is 13.4 Å².